The molecule has 0 atom stereocenters. The first-order chi connectivity index (χ1) is 10.8. The van der Waals surface area contributed by atoms with Crippen molar-refractivity contribution >= 4 is 5.96 Å². The molecular weight excluding hydrogens is 278 g/mol. The van der Waals surface area contributed by atoms with Crippen molar-refractivity contribution in [2.75, 3.05) is 40.5 Å². The molecule has 0 spiro atoms. The number of guanidine groups is 1. The SMILES string of the molecule is CN=C(NCCC1=CCCCC1)NCC1(OC)CCOCC1. The van der Waals surface area contributed by atoms with Crippen molar-refractivity contribution in [2.24, 2.45) is 4.99 Å². The van der Waals surface area contributed by atoms with Gasteiger partial charge in [0.1, 0.15) is 0 Å². The van der Waals surface area contributed by atoms with Gasteiger partial charge in [-0.15, -0.1) is 0 Å². The second kappa shape index (κ2) is 9.16. The Morgan fingerprint density at radius 3 is 2.77 bits per heavy atom. The normalized spacial score (nSPS) is 22.1. The highest BCUT2D eigenvalue weighted by Gasteiger charge is 2.32. The highest BCUT2D eigenvalue weighted by atomic mass is 16.5. The fourth-order valence-electron chi connectivity index (χ4n) is 3.14. The Morgan fingerprint density at radius 1 is 1.32 bits per heavy atom. The summed E-state index contributed by atoms with van der Waals surface area (Å²) in [6.45, 7) is 3.26. The number of allylic oxidation sites excluding steroid dienone is 1. The quantitative estimate of drug-likeness (QED) is 0.449. The van der Waals surface area contributed by atoms with E-state index in [9.17, 15) is 0 Å². The lowest BCUT2D eigenvalue weighted by Crippen LogP contribution is -2.50. The molecule has 1 aliphatic heterocycles. The van der Waals surface area contributed by atoms with Crippen LogP contribution in [0, 0.1) is 0 Å². The summed E-state index contributed by atoms with van der Waals surface area (Å²) in [7, 11) is 3.61. The van der Waals surface area contributed by atoms with Crippen LogP contribution in [-0.2, 0) is 9.47 Å². The van der Waals surface area contributed by atoms with Crippen LogP contribution in [0.4, 0.5) is 0 Å². The highest BCUT2D eigenvalue weighted by molar-refractivity contribution is 5.79. The van der Waals surface area contributed by atoms with E-state index in [2.05, 4.69) is 21.7 Å². The number of hydrogen-bond acceptors (Lipinski definition) is 3. The average molecular weight is 309 g/mol. The van der Waals surface area contributed by atoms with Crippen LogP contribution in [0.1, 0.15) is 44.9 Å². The predicted octanol–water partition coefficient (Wildman–Crippen LogP) is 2.24. The number of aliphatic imine (C=N–C) groups is 1. The summed E-state index contributed by atoms with van der Waals surface area (Å²) in [5, 5.41) is 6.82. The van der Waals surface area contributed by atoms with Gasteiger partial charge >= 0.3 is 0 Å². The number of nitrogens with zero attached hydrogens (tertiary/aromatic N) is 1. The highest BCUT2D eigenvalue weighted by Crippen LogP contribution is 2.23. The molecule has 1 heterocycles. The van der Waals surface area contributed by atoms with Crippen molar-refractivity contribution in [2.45, 2.75) is 50.5 Å². The summed E-state index contributed by atoms with van der Waals surface area (Å²) >= 11 is 0. The fourth-order valence-corrected chi connectivity index (χ4v) is 3.14. The number of rotatable bonds is 6. The van der Waals surface area contributed by atoms with Gasteiger partial charge in [-0.3, -0.25) is 4.99 Å². The molecule has 0 aromatic rings. The van der Waals surface area contributed by atoms with Gasteiger partial charge in [-0.05, 0) is 32.1 Å². The maximum Gasteiger partial charge on any atom is 0.191 e. The summed E-state index contributed by atoms with van der Waals surface area (Å²) in [5.41, 5.74) is 1.47. The van der Waals surface area contributed by atoms with Crippen LogP contribution in [0.3, 0.4) is 0 Å². The molecule has 0 aromatic heterocycles. The molecule has 1 saturated heterocycles. The number of ether oxygens (including phenoxy) is 2. The Bertz CT molecular complexity index is 387. The maximum atomic E-state index is 5.74. The van der Waals surface area contributed by atoms with Crippen LogP contribution >= 0.6 is 0 Å². The zero-order valence-corrected chi connectivity index (χ0v) is 14.1. The molecule has 22 heavy (non-hydrogen) atoms. The van der Waals surface area contributed by atoms with Gasteiger partial charge in [-0.1, -0.05) is 11.6 Å². The van der Waals surface area contributed by atoms with Crippen LogP contribution < -0.4 is 10.6 Å². The van der Waals surface area contributed by atoms with Gasteiger partial charge in [0.2, 0.25) is 0 Å². The maximum absolute atomic E-state index is 5.74. The van der Waals surface area contributed by atoms with Gasteiger partial charge in [-0.25, -0.2) is 0 Å². The zero-order valence-electron chi connectivity index (χ0n) is 14.1. The summed E-state index contributed by atoms with van der Waals surface area (Å²) in [6, 6.07) is 0. The fraction of sp³-hybridized carbons (Fsp3) is 0.824. The molecule has 5 nitrogen and oxygen atoms in total. The van der Waals surface area contributed by atoms with Gasteiger partial charge in [0.05, 0.1) is 5.60 Å². The molecular formula is C17H31N3O2. The molecule has 1 aliphatic carbocycles. The molecule has 2 aliphatic rings. The third kappa shape index (κ3) is 5.29. The van der Waals surface area contributed by atoms with Crippen molar-refractivity contribution in [1.82, 2.24) is 10.6 Å². The minimum atomic E-state index is -0.123. The summed E-state index contributed by atoms with van der Waals surface area (Å²) in [4.78, 5) is 4.31. The molecule has 0 saturated carbocycles. The van der Waals surface area contributed by atoms with Crippen molar-refractivity contribution in [3.8, 4) is 0 Å². The van der Waals surface area contributed by atoms with Gasteiger partial charge in [-0.2, -0.15) is 0 Å². The minimum Gasteiger partial charge on any atom is -0.381 e. The van der Waals surface area contributed by atoms with Crippen molar-refractivity contribution in [3.05, 3.63) is 11.6 Å². The van der Waals surface area contributed by atoms with E-state index < -0.39 is 0 Å². The van der Waals surface area contributed by atoms with Gasteiger partial charge in [0, 0.05) is 53.3 Å². The van der Waals surface area contributed by atoms with E-state index in [1.54, 1.807) is 12.7 Å². The van der Waals surface area contributed by atoms with Crippen LogP contribution in [-0.4, -0.2) is 52.0 Å². The zero-order chi connectivity index (χ0) is 15.7. The van der Waals surface area contributed by atoms with Crippen molar-refractivity contribution in [1.29, 1.82) is 0 Å². The first-order valence-corrected chi connectivity index (χ1v) is 8.53. The lowest BCUT2D eigenvalue weighted by Gasteiger charge is -2.36. The van der Waals surface area contributed by atoms with Crippen LogP contribution in [0.2, 0.25) is 0 Å². The smallest absolute Gasteiger partial charge is 0.191 e. The van der Waals surface area contributed by atoms with Crippen LogP contribution in [0.15, 0.2) is 16.6 Å². The standard InChI is InChI=1S/C17H31N3O2/c1-18-16(19-11-8-15-6-4-3-5-7-15)20-14-17(21-2)9-12-22-13-10-17/h6H,3-5,7-14H2,1-2H3,(H2,18,19,20). The Hall–Kier alpha value is -1.07. The van der Waals surface area contributed by atoms with E-state index in [0.717, 1.165) is 51.5 Å². The van der Waals surface area contributed by atoms with E-state index >= 15 is 0 Å². The third-order valence-electron chi connectivity index (χ3n) is 4.76. The summed E-state index contributed by atoms with van der Waals surface area (Å²) in [6.07, 6.45) is 10.6. The van der Waals surface area contributed by atoms with Crippen molar-refractivity contribution < 1.29 is 9.47 Å². The number of hydrogen-bond donors (Lipinski definition) is 2. The summed E-state index contributed by atoms with van der Waals surface area (Å²) < 4.78 is 11.2. The van der Waals surface area contributed by atoms with Crippen LogP contribution in [0.5, 0.6) is 0 Å². The largest absolute Gasteiger partial charge is 0.381 e. The molecule has 0 bridgehead atoms. The van der Waals surface area contributed by atoms with E-state index in [-0.39, 0.29) is 5.60 Å². The molecule has 5 heteroatoms. The Kier molecular flexibility index (Phi) is 7.19. The molecule has 0 aromatic carbocycles. The summed E-state index contributed by atoms with van der Waals surface area (Å²) in [5.74, 6) is 0.860. The molecule has 126 valence electrons. The lowest BCUT2D eigenvalue weighted by atomic mass is 9.94. The average Bonchev–Trinajstić information content (AvgIpc) is 2.59. The molecule has 2 N–H and O–H groups in total. The van der Waals surface area contributed by atoms with E-state index in [1.807, 2.05) is 7.05 Å². The van der Waals surface area contributed by atoms with E-state index in [4.69, 9.17) is 9.47 Å². The molecule has 1 fully saturated rings. The Morgan fingerprint density at radius 2 is 2.14 bits per heavy atom. The Balaban J connectivity index is 1.71. The second-order valence-electron chi connectivity index (χ2n) is 6.21. The molecule has 0 unspecified atom stereocenters. The van der Waals surface area contributed by atoms with Gasteiger partial charge < -0.3 is 20.1 Å². The van der Waals surface area contributed by atoms with E-state index in [0.29, 0.717) is 0 Å². The third-order valence-corrected chi connectivity index (χ3v) is 4.76. The molecule has 0 amide bonds. The topological polar surface area (TPSA) is 54.9 Å². The van der Waals surface area contributed by atoms with Crippen molar-refractivity contribution in [3.63, 3.8) is 0 Å². The first kappa shape index (κ1) is 17.3. The Labute approximate surface area is 134 Å². The van der Waals surface area contributed by atoms with Gasteiger partial charge in [0.25, 0.3) is 0 Å². The molecule has 0 radical (unpaired) electrons. The van der Waals surface area contributed by atoms with Crippen LogP contribution in [0.25, 0.3) is 0 Å². The monoisotopic (exact) mass is 309 g/mol. The first-order valence-electron chi connectivity index (χ1n) is 8.53. The number of nitrogens with one attached hydrogen (secondary N) is 2. The number of methoxy groups -OCH3 is 1. The second-order valence-corrected chi connectivity index (χ2v) is 6.21. The van der Waals surface area contributed by atoms with E-state index in [1.165, 1.54) is 25.7 Å². The predicted molar refractivity (Wildman–Crippen MR) is 90.3 cm³/mol. The minimum absolute atomic E-state index is 0.123. The molecule has 2 rings (SSSR count). The van der Waals surface area contributed by atoms with Gasteiger partial charge in [0.15, 0.2) is 5.96 Å². The lowest BCUT2D eigenvalue weighted by molar-refractivity contribution is -0.0855.